The zero-order valence-corrected chi connectivity index (χ0v) is 9.94. The molecule has 88 valence electrons. The number of hydrogen-bond donors (Lipinski definition) is 1. The minimum absolute atomic E-state index is 0.0483. The van der Waals surface area contributed by atoms with E-state index in [0.717, 1.165) is 19.3 Å². The van der Waals surface area contributed by atoms with Gasteiger partial charge in [-0.2, -0.15) is 5.10 Å². The minimum atomic E-state index is -0.666. The van der Waals surface area contributed by atoms with Gasteiger partial charge in [-0.3, -0.25) is 9.48 Å². The molecule has 1 aliphatic carbocycles. The third kappa shape index (κ3) is 2.02. The average molecular weight is 221 g/mol. The predicted molar refractivity (Wildman–Crippen MR) is 62.1 cm³/mol. The van der Waals surface area contributed by atoms with Crippen molar-refractivity contribution in [2.75, 3.05) is 0 Å². The summed E-state index contributed by atoms with van der Waals surface area (Å²) in [5.74, 6) is 0.589. The lowest BCUT2D eigenvalue weighted by Crippen LogP contribution is -2.50. The van der Waals surface area contributed by atoms with Crippen molar-refractivity contribution in [3.63, 3.8) is 0 Å². The molecule has 0 aliphatic heterocycles. The lowest BCUT2D eigenvalue weighted by Gasteiger charge is -2.35. The minimum Gasteiger partial charge on any atom is -0.319 e. The van der Waals surface area contributed by atoms with Crippen molar-refractivity contribution in [3.8, 4) is 0 Å². The topological polar surface area (TPSA) is 60.9 Å². The summed E-state index contributed by atoms with van der Waals surface area (Å²) >= 11 is 0. The van der Waals surface area contributed by atoms with E-state index in [9.17, 15) is 4.79 Å². The highest BCUT2D eigenvalue weighted by molar-refractivity contribution is 6.02. The molecule has 1 fully saturated rings. The summed E-state index contributed by atoms with van der Waals surface area (Å²) in [5.41, 5.74) is 6.22. The number of ketones is 1. The highest BCUT2D eigenvalue weighted by atomic mass is 16.1. The van der Waals surface area contributed by atoms with E-state index in [1.807, 2.05) is 7.05 Å². The van der Waals surface area contributed by atoms with Gasteiger partial charge in [0.25, 0.3) is 0 Å². The number of carbonyl (C=O) groups excluding carboxylic acids is 1. The molecule has 0 amide bonds. The third-order valence-corrected chi connectivity index (χ3v) is 3.45. The van der Waals surface area contributed by atoms with Crippen LogP contribution in [0.5, 0.6) is 0 Å². The number of rotatable bonds is 2. The van der Waals surface area contributed by atoms with Crippen LogP contribution in [0.2, 0.25) is 0 Å². The Morgan fingerprint density at radius 3 is 3.00 bits per heavy atom. The van der Waals surface area contributed by atoms with Crippen molar-refractivity contribution >= 4 is 5.78 Å². The molecular formula is C12H19N3O. The number of nitrogens with zero attached hydrogens (tertiary/aromatic N) is 2. The maximum Gasteiger partial charge on any atom is 0.185 e. The Hall–Kier alpha value is -1.16. The van der Waals surface area contributed by atoms with Crippen LogP contribution in [0.25, 0.3) is 0 Å². The van der Waals surface area contributed by atoms with Gasteiger partial charge in [0, 0.05) is 13.2 Å². The summed E-state index contributed by atoms with van der Waals surface area (Å²) in [5, 5.41) is 4.02. The normalized spacial score (nSPS) is 30.3. The van der Waals surface area contributed by atoms with Gasteiger partial charge in [0.1, 0.15) is 0 Å². The van der Waals surface area contributed by atoms with E-state index in [1.165, 1.54) is 6.42 Å². The van der Waals surface area contributed by atoms with Crippen LogP contribution in [0.1, 0.15) is 43.0 Å². The number of hydrogen-bond acceptors (Lipinski definition) is 3. The fraction of sp³-hybridized carbons (Fsp3) is 0.667. The lowest BCUT2D eigenvalue weighted by molar-refractivity contribution is 0.0819. The molecule has 0 aromatic carbocycles. The maximum atomic E-state index is 12.3. The zero-order valence-electron chi connectivity index (χ0n) is 9.94. The molecule has 4 nitrogen and oxygen atoms in total. The van der Waals surface area contributed by atoms with Crippen LogP contribution in [0.15, 0.2) is 12.4 Å². The molecule has 1 aromatic heterocycles. The first-order valence-electron chi connectivity index (χ1n) is 5.83. The Kier molecular flexibility index (Phi) is 2.84. The smallest absolute Gasteiger partial charge is 0.185 e. The monoisotopic (exact) mass is 221 g/mol. The highest BCUT2D eigenvalue weighted by Crippen LogP contribution is 2.32. The molecule has 2 unspecified atom stereocenters. The van der Waals surface area contributed by atoms with E-state index in [-0.39, 0.29) is 5.78 Å². The van der Waals surface area contributed by atoms with Crippen molar-refractivity contribution in [3.05, 3.63) is 18.0 Å². The molecule has 1 saturated carbocycles. The molecule has 1 aliphatic rings. The van der Waals surface area contributed by atoms with E-state index < -0.39 is 5.54 Å². The van der Waals surface area contributed by atoms with E-state index in [0.29, 0.717) is 11.5 Å². The van der Waals surface area contributed by atoms with Crippen LogP contribution in [0, 0.1) is 5.92 Å². The molecule has 1 heterocycles. The summed E-state index contributed by atoms with van der Waals surface area (Å²) in [6.45, 7) is 2.16. The van der Waals surface area contributed by atoms with Gasteiger partial charge in [-0.1, -0.05) is 19.8 Å². The molecular weight excluding hydrogens is 202 g/mol. The van der Waals surface area contributed by atoms with Gasteiger partial charge < -0.3 is 5.73 Å². The number of aromatic nitrogens is 2. The van der Waals surface area contributed by atoms with Crippen molar-refractivity contribution < 1.29 is 4.79 Å². The number of carbonyl (C=O) groups is 1. The molecule has 2 rings (SSSR count). The first-order valence-corrected chi connectivity index (χ1v) is 5.83. The molecule has 0 spiro atoms. The van der Waals surface area contributed by atoms with Gasteiger partial charge in [-0.25, -0.2) is 0 Å². The van der Waals surface area contributed by atoms with Crippen molar-refractivity contribution in [1.82, 2.24) is 9.78 Å². The Morgan fingerprint density at radius 2 is 2.44 bits per heavy atom. The average Bonchev–Trinajstić information content (AvgIpc) is 2.63. The first kappa shape index (κ1) is 11.3. The molecule has 0 bridgehead atoms. The number of nitrogens with two attached hydrogens (primary N) is 1. The van der Waals surface area contributed by atoms with Crippen LogP contribution in [0.4, 0.5) is 0 Å². The van der Waals surface area contributed by atoms with Crippen LogP contribution in [0.3, 0.4) is 0 Å². The van der Waals surface area contributed by atoms with E-state index >= 15 is 0 Å². The van der Waals surface area contributed by atoms with Crippen LogP contribution in [-0.4, -0.2) is 21.1 Å². The fourth-order valence-electron chi connectivity index (χ4n) is 2.62. The van der Waals surface area contributed by atoms with Gasteiger partial charge in [0.05, 0.1) is 17.3 Å². The molecule has 2 atom stereocenters. The van der Waals surface area contributed by atoms with Gasteiger partial charge in [-0.05, 0) is 18.8 Å². The van der Waals surface area contributed by atoms with Crippen molar-refractivity contribution in [2.24, 2.45) is 18.7 Å². The second-order valence-electron chi connectivity index (χ2n) is 5.09. The van der Waals surface area contributed by atoms with Gasteiger partial charge >= 0.3 is 0 Å². The highest BCUT2D eigenvalue weighted by Gasteiger charge is 2.38. The van der Waals surface area contributed by atoms with Gasteiger partial charge in [0.15, 0.2) is 5.78 Å². The van der Waals surface area contributed by atoms with Gasteiger partial charge in [-0.15, -0.1) is 0 Å². The Morgan fingerprint density at radius 1 is 1.69 bits per heavy atom. The molecule has 0 saturated heterocycles. The number of Topliss-reactive ketones (excluding diaryl/α,β-unsaturated/α-hetero) is 1. The quantitative estimate of drug-likeness (QED) is 0.770. The fourth-order valence-corrected chi connectivity index (χ4v) is 2.62. The molecule has 4 heteroatoms. The summed E-state index contributed by atoms with van der Waals surface area (Å²) in [6, 6.07) is 0. The largest absolute Gasteiger partial charge is 0.319 e. The Bertz CT molecular complexity index is 399. The van der Waals surface area contributed by atoms with E-state index in [2.05, 4.69) is 12.0 Å². The first-order chi connectivity index (χ1) is 7.51. The second kappa shape index (κ2) is 4.01. The van der Waals surface area contributed by atoms with Crippen molar-refractivity contribution in [1.29, 1.82) is 0 Å². The predicted octanol–water partition coefficient (Wildman–Crippen LogP) is 1.51. The van der Waals surface area contributed by atoms with Crippen molar-refractivity contribution in [2.45, 2.75) is 38.1 Å². The van der Waals surface area contributed by atoms with E-state index in [1.54, 1.807) is 17.1 Å². The molecule has 16 heavy (non-hydrogen) atoms. The summed E-state index contributed by atoms with van der Waals surface area (Å²) in [7, 11) is 1.81. The van der Waals surface area contributed by atoms with Crippen LogP contribution in [-0.2, 0) is 7.05 Å². The Balaban J connectivity index is 2.20. The van der Waals surface area contributed by atoms with Crippen LogP contribution < -0.4 is 5.73 Å². The van der Waals surface area contributed by atoms with E-state index in [4.69, 9.17) is 5.73 Å². The SMILES string of the molecule is CC1CCCC(N)(C(=O)c2cnn(C)c2)C1. The summed E-state index contributed by atoms with van der Waals surface area (Å²) in [4.78, 5) is 12.3. The third-order valence-electron chi connectivity index (χ3n) is 3.45. The zero-order chi connectivity index (χ0) is 11.8. The van der Waals surface area contributed by atoms with Gasteiger partial charge in [0.2, 0.25) is 0 Å². The lowest BCUT2D eigenvalue weighted by atomic mass is 9.73. The second-order valence-corrected chi connectivity index (χ2v) is 5.09. The standard InChI is InChI=1S/C12H19N3O/c1-9-4-3-5-12(13,6-9)11(16)10-7-14-15(2)8-10/h7-9H,3-6,13H2,1-2H3. The molecule has 1 aromatic rings. The summed E-state index contributed by atoms with van der Waals surface area (Å²) in [6.07, 6.45) is 7.17. The summed E-state index contributed by atoms with van der Waals surface area (Å²) < 4.78 is 1.64. The Labute approximate surface area is 95.8 Å². The molecule has 0 radical (unpaired) electrons. The van der Waals surface area contributed by atoms with Crippen LogP contribution >= 0.6 is 0 Å². The maximum absolute atomic E-state index is 12.3. The molecule has 2 N–H and O–H groups in total. The number of aryl methyl sites for hydroxylation is 1.